The fourth-order valence-electron chi connectivity index (χ4n) is 3.20. The molecular weight excluding hydrogens is 230 g/mol. The molecule has 18 heavy (non-hydrogen) atoms. The maximum absolute atomic E-state index is 10.1. The van der Waals surface area contributed by atoms with Crippen molar-refractivity contribution < 1.29 is 14.6 Å². The second-order valence-corrected chi connectivity index (χ2v) is 5.51. The Morgan fingerprint density at radius 3 is 2.67 bits per heavy atom. The van der Waals surface area contributed by atoms with E-state index in [1.165, 1.54) is 12.8 Å². The van der Waals surface area contributed by atoms with Crippen LogP contribution in [0.15, 0.2) is 0 Å². The molecule has 0 spiro atoms. The van der Waals surface area contributed by atoms with Gasteiger partial charge in [-0.1, -0.05) is 19.3 Å². The lowest BCUT2D eigenvalue weighted by Crippen LogP contribution is -2.63. The fourth-order valence-corrected chi connectivity index (χ4v) is 3.20. The van der Waals surface area contributed by atoms with Gasteiger partial charge in [-0.15, -0.1) is 0 Å². The van der Waals surface area contributed by atoms with Crippen molar-refractivity contribution >= 4 is 0 Å². The monoisotopic (exact) mass is 257 g/mol. The van der Waals surface area contributed by atoms with Crippen molar-refractivity contribution in [3.63, 3.8) is 0 Å². The molecule has 2 aliphatic carbocycles. The predicted molar refractivity (Wildman–Crippen MR) is 70.6 cm³/mol. The summed E-state index contributed by atoms with van der Waals surface area (Å²) in [5.41, 5.74) is 0. The molecule has 106 valence electrons. The zero-order valence-electron chi connectivity index (χ0n) is 11.6. The molecule has 2 rings (SSSR count). The minimum absolute atomic E-state index is 0.139. The topological polar surface area (TPSA) is 50.7 Å². The Bertz CT molecular complexity index is 249. The van der Waals surface area contributed by atoms with Crippen molar-refractivity contribution in [2.75, 3.05) is 13.7 Å². The van der Waals surface area contributed by atoms with Crippen LogP contribution in [0.4, 0.5) is 0 Å². The van der Waals surface area contributed by atoms with Crippen LogP contribution in [0.2, 0.25) is 0 Å². The Balaban J connectivity index is 1.82. The van der Waals surface area contributed by atoms with Crippen LogP contribution in [0.25, 0.3) is 0 Å². The quantitative estimate of drug-likeness (QED) is 0.732. The maximum Gasteiger partial charge on any atom is 0.0986 e. The molecule has 2 fully saturated rings. The SMILES string of the molecule is CCOC1CC(NC2CCCCCC2O)C1OC. The lowest BCUT2D eigenvalue weighted by atomic mass is 9.84. The van der Waals surface area contributed by atoms with Gasteiger partial charge in [-0.25, -0.2) is 0 Å². The van der Waals surface area contributed by atoms with Gasteiger partial charge in [0, 0.05) is 25.8 Å². The third-order valence-corrected chi connectivity index (χ3v) is 4.31. The van der Waals surface area contributed by atoms with Crippen molar-refractivity contribution in [3.8, 4) is 0 Å². The van der Waals surface area contributed by atoms with Gasteiger partial charge < -0.3 is 19.9 Å². The first-order valence-electron chi connectivity index (χ1n) is 7.34. The third-order valence-electron chi connectivity index (χ3n) is 4.31. The highest BCUT2D eigenvalue weighted by Gasteiger charge is 2.43. The Morgan fingerprint density at radius 1 is 1.17 bits per heavy atom. The summed E-state index contributed by atoms with van der Waals surface area (Å²) >= 11 is 0. The van der Waals surface area contributed by atoms with Gasteiger partial charge in [-0.2, -0.15) is 0 Å². The highest BCUT2D eigenvalue weighted by atomic mass is 16.5. The molecule has 0 heterocycles. The molecule has 0 radical (unpaired) electrons. The molecule has 0 amide bonds. The summed E-state index contributed by atoms with van der Waals surface area (Å²) in [4.78, 5) is 0. The zero-order chi connectivity index (χ0) is 13.0. The van der Waals surface area contributed by atoms with E-state index < -0.39 is 0 Å². The number of aliphatic hydroxyl groups is 1. The van der Waals surface area contributed by atoms with E-state index in [4.69, 9.17) is 9.47 Å². The standard InChI is InChI=1S/C14H27NO3/c1-3-18-13-9-11(14(13)17-2)15-10-7-5-4-6-8-12(10)16/h10-16H,3-9H2,1-2H3. The lowest BCUT2D eigenvalue weighted by molar-refractivity contribution is -0.135. The van der Waals surface area contributed by atoms with Crippen LogP contribution in [0, 0.1) is 0 Å². The first-order valence-corrected chi connectivity index (χ1v) is 7.34. The highest BCUT2D eigenvalue weighted by Crippen LogP contribution is 2.29. The summed E-state index contributed by atoms with van der Waals surface area (Å²) in [5.74, 6) is 0. The normalized spacial score (nSPS) is 41.2. The summed E-state index contributed by atoms with van der Waals surface area (Å²) < 4.78 is 11.1. The van der Waals surface area contributed by atoms with Gasteiger partial charge in [0.25, 0.3) is 0 Å². The van der Waals surface area contributed by atoms with Crippen LogP contribution in [0.1, 0.15) is 45.4 Å². The summed E-state index contributed by atoms with van der Waals surface area (Å²) in [7, 11) is 1.74. The molecule has 4 heteroatoms. The van der Waals surface area contributed by atoms with Crippen LogP contribution in [-0.4, -0.2) is 49.2 Å². The fraction of sp³-hybridized carbons (Fsp3) is 1.00. The highest BCUT2D eigenvalue weighted by molar-refractivity contribution is 4.99. The third kappa shape index (κ3) is 3.23. The molecule has 0 bridgehead atoms. The van der Waals surface area contributed by atoms with Gasteiger partial charge in [0.15, 0.2) is 0 Å². The first kappa shape index (κ1) is 14.3. The second kappa shape index (κ2) is 6.85. The van der Waals surface area contributed by atoms with E-state index in [1.54, 1.807) is 7.11 Å². The smallest absolute Gasteiger partial charge is 0.0986 e. The molecule has 0 aromatic rings. The van der Waals surface area contributed by atoms with Gasteiger partial charge in [-0.05, 0) is 26.2 Å². The number of aliphatic hydroxyl groups excluding tert-OH is 1. The number of hydrogen-bond acceptors (Lipinski definition) is 4. The molecule has 0 aliphatic heterocycles. The molecule has 2 aliphatic rings. The van der Waals surface area contributed by atoms with E-state index in [2.05, 4.69) is 5.32 Å². The van der Waals surface area contributed by atoms with Crippen LogP contribution in [-0.2, 0) is 9.47 Å². The van der Waals surface area contributed by atoms with Crippen LogP contribution >= 0.6 is 0 Å². The first-order chi connectivity index (χ1) is 8.76. The summed E-state index contributed by atoms with van der Waals surface area (Å²) in [6.45, 7) is 2.76. The number of nitrogens with one attached hydrogen (secondary N) is 1. The van der Waals surface area contributed by atoms with Gasteiger partial charge >= 0.3 is 0 Å². The largest absolute Gasteiger partial charge is 0.392 e. The minimum Gasteiger partial charge on any atom is -0.392 e. The molecule has 0 saturated heterocycles. The Hall–Kier alpha value is -0.160. The average Bonchev–Trinajstić information content (AvgIpc) is 2.53. The minimum atomic E-state index is -0.198. The molecule has 4 nitrogen and oxygen atoms in total. The number of hydrogen-bond donors (Lipinski definition) is 2. The average molecular weight is 257 g/mol. The van der Waals surface area contributed by atoms with Crippen molar-refractivity contribution in [1.29, 1.82) is 0 Å². The molecular formula is C14H27NO3. The number of ether oxygens (including phenoxy) is 2. The number of methoxy groups -OCH3 is 1. The summed E-state index contributed by atoms with van der Waals surface area (Å²) in [6, 6.07) is 0.571. The van der Waals surface area contributed by atoms with E-state index in [0.29, 0.717) is 6.04 Å². The van der Waals surface area contributed by atoms with E-state index in [-0.39, 0.29) is 24.4 Å². The molecule has 0 aromatic heterocycles. The van der Waals surface area contributed by atoms with Crippen LogP contribution in [0.3, 0.4) is 0 Å². The van der Waals surface area contributed by atoms with E-state index in [1.807, 2.05) is 6.92 Å². The van der Waals surface area contributed by atoms with Crippen molar-refractivity contribution in [2.45, 2.75) is 75.8 Å². The van der Waals surface area contributed by atoms with Gasteiger partial charge in [0.1, 0.15) is 0 Å². The van der Waals surface area contributed by atoms with Gasteiger partial charge in [0.05, 0.1) is 18.3 Å². The van der Waals surface area contributed by atoms with Crippen LogP contribution in [0.5, 0.6) is 0 Å². The van der Waals surface area contributed by atoms with Crippen LogP contribution < -0.4 is 5.32 Å². The predicted octanol–water partition coefficient (Wildman–Crippen LogP) is 1.46. The molecule has 5 unspecified atom stereocenters. The number of rotatable bonds is 5. The summed E-state index contributed by atoms with van der Waals surface area (Å²) in [6.07, 6.45) is 6.78. The van der Waals surface area contributed by atoms with Gasteiger partial charge in [0.2, 0.25) is 0 Å². The lowest BCUT2D eigenvalue weighted by Gasteiger charge is -2.45. The Morgan fingerprint density at radius 2 is 1.94 bits per heavy atom. The van der Waals surface area contributed by atoms with E-state index in [0.717, 1.165) is 32.3 Å². The maximum atomic E-state index is 10.1. The zero-order valence-corrected chi connectivity index (χ0v) is 11.6. The van der Waals surface area contributed by atoms with Crippen molar-refractivity contribution in [1.82, 2.24) is 5.32 Å². The van der Waals surface area contributed by atoms with Crippen molar-refractivity contribution in [3.05, 3.63) is 0 Å². The molecule has 2 N–H and O–H groups in total. The molecule has 0 aromatic carbocycles. The van der Waals surface area contributed by atoms with Crippen molar-refractivity contribution in [2.24, 2.45) is 0 Å². The Labute approximate surface area is 110 Å². The second-order valence-electron chi connectivity index (χ2n) is 5.51. The van der Waals surface area contributed by atoms with E-state index in [9.17, 15) is 5.11 Å². The molecule has 2 saturated carbocycles. The van der Waals surface area contributed by atoms with Gasteiger partial charge in [-0.3, -0.25) is 0 Å². The van der Waals surface area contributed by atoms with E-state index >= 15 is 0 Å². The Kier molecular flexibility index (Phi) is 5.42. The summed E-state index contributed by atoms with van der Waals surface area (Å²) in [5, 5.41) is 13.7. The molecule has 5 atom stereocenters.